The van der Waals surface area contributed by atoms with Gasteiger partial charge in [0.15, 0.2) is 0 Å². The first-order chi connectivity index (χ1) is 12.4. The number of nitrogens with zero attached hydrogens (tertiary/aromatic N) is 5. The zero-order valence-electron chi connectivity index (χ0n) is 16.0. The lowest BCUT2D eigenvalue weighted by atomic mass is 9.93. The van der Waals surface area contributed by atoms with Crippen LogP contribution in [0.2, 0.25) is 0 Å². The average molecular weight is 357 g/mol. The lowest BCUT2D eigenvalue weighted by Gasteiger charge is -2.36. The maximum Gasteiger partial charge on any atom is 0.227 e. The number of aromatic nitrogens is 3. The molecule has 0 saturated carbocycles. The quantitative estimate of drug-likeness (QED) is 0.837. The summed E-state index contributed by atoms with van der Waals surface area (Å²) in [6.45, 7) is 9.15. The number of amides is 1. The van der Waals surface area contributed by atoms with Crippen molar-refractivity contribution in [3.8, 4) is 0 Å². The van der Waals surface area contributed by atoms with Gasteiger partial charge in [-0.15, -0.1) is 0 Å². The topological polar surface area (TPSA) is 67.4 Å². The number of hydrogen-bond acceptors (Lipinski definition) is 5. The minimum Gasteiger partial charge on any atom is -0.361 e. The number of rotatable bonds is 4. The van der Waals surface area contributed by atoms with Gasteiger partial charge in [0, 0.05) is 50.0 Å². The minimum absolute atomic E-state index is 0.0891. The highest BCUT2D eigenvalue weighted by Crippen LogP contribution is 2.32. The molecule has 26 heavy (non-hydrogen) atoms. The molecule has 0 N–H and O–H groups in total. The predicted octanol–water partition coefficient (Wildman–Crippen LogP) is 1.96. The van der Waals surface area contributed by atoms with E-state index < -0.39 is 0 Å². The zero-order valence-corrected chi connectivity index (χ0v) is 16.0. The third kappa shape index (κ3) is 3.05. The second-order valence-electron chi connectivity index (χ2n) is 7.80. The molecule has 3 saturated heterocycles. The molecule has 3 aliphatic heterocycles. The Morgan fingerprint density at radius 3 is 2.62 bits per heavy atom. The molecular formula is C19H27N5O2. The maximum absolute atomic E-state index is 13.1. The van der Waals surface area contributed by atoms with E-state index in [1.54, 1.807) is 0 Å². The Labute approximate surface area is 153 Å². The van der Waals surface area contributed by atoms with E-state index in [2.05, 4.69) is 33.2 Å². The van der Waals surface area contributed by atoms with E-state index >= 15 is 0 Å². The van der Waals surface area contributed by atoms with Crippen molar-refractivity contribution in [2.45, 2.75) is 52.7 Å². The Kier molecular flexibility index (Phi) is 4.34. The van der Waals surface area contributed by atoms with Gasteiger partial charge in [-0.3, -0.25) is 14.4 Å². The molecule has 5 heterocycles. The van der Waals surface area contributed by atoms with Gasteiger partial charge in [-0.2, -0.15) is 5.10 Å². The van der Waals surface area contributed by atoms with Gasteiger partial charge in [0.2, 0.25) is 5.91 Å². The van der Waals surface area contributed by atoms with Gasteiger partial charge in [0.25, 0.3) is 0 Å². The molecule has 140 valence electrons. The molecule has 5 rings (SSSR count). The third-order valence-corrected chi connectivity index (χ3v) is 5.89. The summed E-state index contributed by atoms with van der Waals surface area (Å²) in [7, 11) is 1.96. The van der Waals surface area contributed by atoms with Crippen LogP contribution in [-0.4, -0.2) is 49.8 Å². The Morgan fingerprint density at radius 2 is 1.96 bits per heavy atom. The van der Waals surface area contributed by atoms with E-state index in [4.69, 9.17) is 4.52 Å². The SMILES string of the molecule is Cc1nn(C)cc1CN1C[C@H]2CC[C@@H](C1)N(Cc1c(C)noc1C)C2=O. The molecule has 2 bridgehead atoms. The molecule has 0 spiro atoms. The number of aryl methyl sites for hydroxylation is 4. The molecule has 0 radical (unpaired) electrons. The van der Waals surface area contributed by atoms with Crippen molar-refractivity contribution in [1.29, 1.82) is 0 Å². The fourth-order valence-electron chi connectivity index (χ4n) is 4.41. The molecule has 0 aromatic carbocycles. The van der Waals surface area contributed by atoms with Gasteiger partial charge in [0.05, 0.1) is 23.9 Å². The first-order valence-electron chi connectivity index (χ1n) is 9.36. The van der Waals surface area contributed by atoms with E-state index in [-0.39, 0.29) is 17.9 Å². The Bertz CT molecular complexity index is 805. The number of fused-ring (bicyclic) bond motifs is 4. The molecule has 2 aromatic rings. The van der Waals surface area contributed by atoms with Crippen LogP contribution in [0, 0.1) is 26.7 Å². The largest absolute Gasteiger partial charge is 0.361 e. The van der Waals surface area contributed by atoms with E-state index in [0.717, 1.165) is 55.2 Å². The summed E-state index contributed by atoms with van der Waals surface area (Å²) >= 11 is 0. The van der Waals surface area contributed by atoms with Crippen LogP contribution < -0.4 is 0 Å². The summed E-state index contributed by atoms with van der Waals surface area (Å²) in [4.78, 5) is 17.6. The van der Waals surface area contributed by atoms with Gasteiger partial charge >= 0.3 is 0 Å². The molecule has 7 heteroatoms. The Hall–Kier alpha value is -2.15. The first kappa shape index (κ1) is 17.3. The molecule has 3 aliphatic rings. The van der Waals surface area contributed by atoms with E-state index in [1.165, 1.54) is 5.56 Å². The summed E-state index contributed by atoms with van der Waals surface area (Å²) in [6, 6.07) is 0.256. The monoisotopic (exact) mass is 357 g/mol. The fourth-order valence-corrected chi connectivity index (χ4v) is 4.41. The van der Waals surface area contributed by atoms with E-state index in [0.29, 0.717) is 6.54 Å². The highest BCUT2D eigenvalue weighted by molar-refractivity contribution is 5.80. The number of carbonyl (C=O) groups excluding carboxylic acids is 1. The average Bonchev–Trinajstić information content (AvgIpc) is 2.94. The van der Waals surface area contributed by atoms with Crippen molar-refractivity contribution in [2.24, 2.45) is 13.0 Å². The minimum atomic E-state index is 0.0891. The summed E-state index contributed by atoms with van der Waals surface area (Å²) in [5, 5.41) is 8.49. The van der Waals surface area contributed by atoms with Crippen molar-refractivity contribution < 1.29 is 9.32 Å². The maximum atomic E-state index is 13.1. The van der Waals surface area contributed by atoms with Gasteiger partial charge in [-0.05, 0) is 33.6 Å². The van der Waals surface area contributed by atoms with Gasteiger partial charge < -0.3 is 9.42 Å². The molecule has 2 aromatic heterocycles. The fraction of sp³-hybridized carbons (Fsp3) is 0.632. The molecule has 7 nitrogen and oxygen atoms in total. The Balaban J connectivity index is 1.53. The molecule has 0 aliphatic carbocycles. The Morgan fingerprint density at radius 1 is 1.15 bits per heavy atom. The molecular weight excluding hydrogens is 330 g/mol. The third-order valence-electron chi connectivity index (χ3n) is 5.89. The highest BCUT2D eigenvalue weighted by Gasteiger charge is 2.41. The highest BCUT2D eigenvalue weighted by atomic mass is 16.5. The van der Waals surface area contributed by atoms with Crippen molar-refractivity contribution in [3.63, 3.8) is 0 Å². The molecule has 3 fully saturated rings. The van der Waals surface area contributed by atoms with Crippen LogP contribution in [0.4, 0.5) is 0 Å². The zero-order chi connectivity index (χ0) is 18.4. The van der Waals surface area contributed by atoms with Crippen LogP contribution in [0.15, 0.2) is 10.7 Å². The second kappa shape index (κ2) is 6.54. The second-order valence-corrected chi connectivity index (χ2v) is 7.80. The first-order valence-corrected chi connectivity index (χ1v) is 9.36. The van der Waals surface area contributed by atoms with Crippen molar-refractivity contribution in [3.05, 3.63) is 34.5 Å². The lowest BCUT2D eigenvalue weighted by molar-refractivity contribution is -0.140. The van der Waals surface area contributed by atoms with Crippen molar-refractivity contribution in [1.82, 2.24) is 24.7 Å². The van der Waals surface area contributed by atoms with Crippen LogP contribution in [0.3, 0.4) is 0 Å². The predicted molar refractivity (Wildman–Crippen MR) is 96.3 cm³/mol. The number of carbonyl (C=O) groups is 1. The van der Waals surface area contributed by atoms with Crippen molar-refractivity contribution in [2.75, 3.05) is 13.1 Å². The standard InChI is InChI=1S/C19H27N5O2/c1-12-16(7-22(4)20-12)9-23-8-15-5-6-17(10-23)24(19(15)25)11-18-13(2)21-26-14(18)3/h7,15,17H,5-6,8-11H2,1-4H3/t15-,17+/m1/s1. The summed E-state index contributed by atoms with van der Waals surface area (Å²) in [6.07, 6.45) is 4.15. The van der Waals surface area contributed by atoms with Crippen LogP contribution in [0.5, 0.6) is 0 Å². The van der Waals surface area contributed by atoms with Crippen LogP contribution in [-0.2, 0) is 24.9 Å². The summed E-state index contributed by atoms with van der Waals surface area (Å²) < 4.78 is 7.16. The van der Waals surface area contributed by atoms with Gasteiger partial charge in [0.1, 0.15) is 5.76 Å². The van der Waals surface area contributed by atoms with E-state index in [1.807, 2.05) is 25.6 Å². The van der Waals surface area contributed by atoms with Crippen LogP contribution in [0.25, 0.3) is 0 Å². The number of piperidine rings is 1. The molecule has 1 amide bonds. The normalized spacial score (nSPS) is 23.7. The van der Waals surface area contributed by atoms with Crippen molar-refractivity contribution >= 4 is 5.91 Å². The van der Waals surface area contributed by atoms with Gasteiger partial charge in [-0.25, -0.2) is 0 Å². The lowest BCUT2D eigenvalue weighted by Crippen LogP contribution is -2.47. The van der Waals surface area contributed by atoms with Crippen LogP contribution >= 0.6 is 0 Å². The van der Waals surface area contributed by atoms with E-state index in [9.17, 15) is 4.79 Å². The van der Waals surface area contributed by atoms with Crippen LogP contribution in [0.1, 0.15) is 41.1 Å². The summed E-state index contributed by atoms with van der Waals surface area (Å²) in [5.74, 6) is 1.19. The molecule has 0 unspecified atom stereocenters. The smallest absolute Gasteiger partial charge is 0.227 e. The number of hydrogen-bond donors (Lipinski definition) is 0. The molecule has 2 atom stereocenters. The van der Waals surface area contributed by atoms with Gasteiger partial charge in [-0.1, -0.05) is 5.16 Å². The summed E-state index contributed by atoms with van der Waals surface area (Å²) in [5.41, 5.74) is 4.26.